The number of thiocarbonyl (C=S) groups is 1. The van der Waals surface area contributed by atoms with E-state index >= 15 is 0 Å². The van der Waals surface area contributed by atoms with Crippen LogP contribution < -0.4 is 5.73 Å². The molecule has 0 saturated carbocycles. The van der Waals surface area contributed by atoms with Crippen LogP contribution in [-0.2, 0) is 13.6 Å². The van der Waals surface area contributed by atoms with Gasteiger partial charge in [-0.05, 0) is 30.3 Å². The highest BCUT2D eigenvalue weighted by Crippen LogP contribution is 2.18. The van der Waals surface area contributed by atoms with Gasteiger partial charge in [-0.25, -0.2) is 0 Å². The largest absolute Gasteiger partial charge is 0.389 e. The van der Waals surface area contributed by atoms with Crippen molar-refractivity contribution in [3.8, 4) is 0 Å². The van der Waals surface area contributed by atoms with E-state index < -0.39 is 0 Å². The van der Waals surface area contributed by atoms with Crippen LogP contribution in [0.2, 0.25) is 0 Å². The van der Waals surface area contributed by atoms with Gasteiger partial charge in [0.2, 0.25) is 0 Å². The van der Waals surface area contributed by atoms with Crippen molar-refractivity contribution in [1.82, 2.24) is 14.3 Å². The molecule has 0 aliphatic rings. The molecule has 0 fully saturated rings. The highest BCUT2D eigenvalue weighted by atomic mass is 32.1. The molecule has 2 N–H and O–H groups in total. The molecule has 2 heterocycles. The van der Waals surface area contributed by atoms with Crippen molar-refractivity contribution in [3.63, 3.8) is 0 Å². The van der Waals surface area contributed by atoms with E-state index in [0.29, 0.717) is 4.99 Å². The first-order chi connectivity index (χ1) is 9.13. The first kappa shape index (κ1) is 11.9. The highest BCUT2D eigenvalue weighted by Gasteiger charge is 2.05. The SMILES string of the molecule is Cn1ccc(Cn2ccc3cc(C(N)=S)ccc32)n1. The summed E-state index contributed by atoms with van der Waals surface area (Å²) in [5, 5.41) is 5.53. The fourth-order valence-corrected chi connectivity index (χ4v) is 2.34. The molecule has 0 aliphatic heterocycles. The molecule has 0 amide bonds. The lowest BCUT2D eigenvalue weighted by atomic mass is 10.1. The van der Waals surface area contributed by atoms with E-state index in [1.54, 1.807) is 0 Å². The number of rotatable bonds is 3. The average Bonchev–Trinajstić information content (AvgIpc) is 2.96. The second kappa shape index (κ2) is 4.51. The molecule has 3 aromatic rings. The molecule has 1 aromatic carbocycles. The standard InChI is InChI=1S/C14H14N4S/c1-17-6-5-12(16-17)9-18-7-4-10-8-11(14(15)19)2-3-13(10)18/h2-8H,9H2,1H3,(H2,15,19). The van der Waals surface area contributed by atoms with Crippen molar-refractivity contribution in [2.45, 2.75) is 6.54 Å². The molecule has 0 saturated heterocycles. The number of aryl methyl sites for hydroxylation is 1. The second-order valence-corrected chi connectivity index (χ2v) is 5.00. The lowest BCUT2D eigenvalue weighted by Gasteiger charge is -2.04. The molecule has 0 aliphatic carbocycles. The first-order valence-electron chi connectivity index (χ1n) is 6.01. The molecule has 0 unspecified atom stereocenters. The van der Waals surface area contributed by atoms with Crippen LogP contribution >= 0.6 is 12.2 Å². The van der Waals surface area contributed by atoms with Gasteiger partial charge >= 0.3 is 0 Å². The minimum Gasteiger partial charge on any atom is -0.389 e. The van der Waals surface area contributed by atoms with Gasteiger partial charge in [0.25, 0.3) is 0 Å². The molecule has 0 bridgehead atoms. The summed E-state index contributed by atoms with van der Waals surface area (Å²) in [4.78, 5) is 0.430. The molecule has 4 nitrogen and oxygen atoms in total. The lowest BCUT2D eigenvalue weighted by Crippen LogP contribution is -2.08. The Morgan fingerprint density at radius 2 is 2.11 bits per heavy atom. The third-order valence-corrected chi connectivity index (χ3v) is 3.39. The van der Waals surface area contributed by atoms with E-state index in [1.165, 1.54) is 0 Å². The van der Waals surface area contributed by atoms with E-state index in [9.17, 15) is 0 Å². The summed E-state index contributed by atoms with van der Waals surface area (Å²) >= 11 is 5.00. The van der Waals surface area contributed by atoms with Crippen LogP contribution in [0.15, 0.2) is 42.7 Å². The Morgan fingerprint density at radius 1 is 1.26 bits per heavy atom. The van der Waals surface area contributed by atoms with E-state index in [-0.39, 0.29) is 0 Å². The van der Waals surface area contributed by atoms with Crippen LogP contribution in [-0.4, -0.2) is 19.3 Å². The van der Waals surface area contributed by atoms with Gasteiger partial charge < -0.3 is 10.3 Å². The number of nitrogens with zero attached hydrogens (tertiary/aromatic N) is 3. The third-order valence-electron chi connectivity index (χ3n) is 3.16. The van der Waals surface area contributed by atoms with E-state index in [4.69, 9.17) is 18.0 Å². The van der Waals surface area contributed by atoms with Gasteiger partial charge in [-0.1, -0.05) is 12.2 Å². The molecular formula is C14H14N4S. The molecule has 19 heavy (non-hydrogen) atoms. The van der Waals surface area contributed by atoms with Gasteiger partial charge in [-0.3, -0.25) is 4.68 Å². The molecule has 0 radical (unpaired) electrons. The van der Waals surface area contributed by atoms with Gasteiger partial charge in [-0.15, -0.1) is 0 Å². The van der Waals surface area contributed by atoms with Gasteiger partial charge in [0.05, 0.1) is 12.2 Å². The average molecular weight is 270 g/mol. The van der Waals surface area contributed by atoms with Crippen LogP contribution in [0.1, 0.15) is 11.3 Å². The number of benzene rings is 1. The second-order valence-electron chi connectivity index (χ2n) is 4.56. The minimum absolute atomic E-state index is 0.430. The van der Waals surface area contributed by atoms with Crippen LogP contribution in [0.5, 0.6) is 0 Å². The first-order valence-corrected chi connectivity index (χ1v) is 6.41. The lowest BCUT2D eigenvalue weighted by molar-refractivity contribution is 0.716. The van der Waals surface area contributed by atoms with Gasteiger partial charge in [0.15, 0.2) is 0 Å². The quantitative estimate of drug-likeness (QED) is 0.741. The van der Waals surface area contributed by atoms with Crippen molar-refractivity contribution in [1.29, 1.82) is 0 Å². The summed E-state index contributed by atoms with van der Waals surface area (Å²) in [5.41, 5.74) is 8.75. The van der Waals surface area contributed by atoms with Crippen LogP contribution in [0.4, 0.5) is 0 Å². The number of nitrogens with two attached hydrogens (primary N) is 1. The molecule has 0 atom stereocenters. The molecule has 0 spiro atoms. The zero-order chi connectivity index (χ0) is 13.4. The Kier molecular flexibility index (Phi) is 2.83. The number of fused-ring (bicyclic) bond motifs is 1. The molecular weight excluding hydrogens is 256 g/mol. The Hall–Kier alpha value is -2.14. The Morgan fingerprint density at radius 3 is 2.79 bits per heavy atom. The van der Waals surface area contributed by atoms with Gasteiger partial charge in [-0.2, -0.15) is 5.10 Å². The summed E-state index contributed by atoms with van der Waals surface area (Å²) in [6.07, 6.45) is 4.01. The molecule has 96 valence electrons. The number of aromatic nitrogens is 3. The third kappa shape index (κ3) is 2.24. The number of hydrogen-bond donors (Lipinski definition) is 1. The minimum atomic E-state index is 0.430. The number of hydrogen-bond acceptors (Lipinski definition) is 2. The normalized spacial score (nSPS) is 11.0. The Balaban J connectivity index is 1.99. The van der Waals surface area contributed by atoms with Crippen molar-refractivity contribution in [2.75, 3.05) is 0 Å². The smallest absolute Gasteiger partial charge is 0.104 e. The van der Waals surface area contributed by atoms with Crippen molar-refractivity contribution >= 4 is 28.1 Å². The monoisotopic (exact) mass is 270 g/mol. The van der Waals surface area contributed by atoms with E-state index in [1.807, 2.05) is 42.2 Å². The topological polar surface area (TPSA) is 48.8 Å². The predicted octanol–water partition coefficient (Wildman–Crippen LogP) is 2.06. The Labute approximate surface area is 116 Å². The molecule has 3 rings (SSSR count). The summed E-state index contributed by atoms with van der Waals surface area (Å²) in [6, 6.07) is 10.1. The summed E-state index contributed by atoms with van der Waals surface area (Å²) in [5.74, 6) is 0. The van der Waals surface area contributed by atoms with Crippen LogP contribution in [0.25, 0.3) is 10.9 Å². The van der Waals surface area contributed by atoms with E-state index in [2.05, 4.69) is 21.9 Å². The Bertz CT molecular complexity index is 754. The summed E-state index contributed by atoms with van der Waals surface area (Å²) in [6.45, 7) is 0.761. The maximum absolute atomic E-state index is 5.65. The van der Waals surface area contributed by atoms with Crippen molar-refractivity contribution in [2.24, 2.45) is 12.8 Å². The zero-order valence-corrected chi connectivity index (χ0v) is 11.4. The highest BCUT2D eigenvalue weighted by molar-refractivity contribution is 7.80. The maximum atomic E-state index is 5.65. The maximum Gasteiger partial charge on any atom is 0.104 e. The van der Waals surface area contributed by atoms with Crippen LogP contribution in [0.3, 0.4) is 0 Å². The van der Waals surface area contributed by atoms with Crippen molar-refractivity contribution < 1.29 is 0 Å². The van der Waals surface area contributed by atoms with Gasteiger partial charge in [0, 0.05) is 35.9 Å². The summed E-state index contributed by atoms with van der Waals surface area (Å²) < 4.78 is 3.98. The van der Waals surface area contributed by atoms with E-state index in [0.717, 1.165) is 28.7 Å². The van der Waals surface area contributed by atoms with Crippen LogP contribution in [0, 0.1) is 0 Å². The van der Waals surface area contributed by atoms with Crippen molar-refractivity contribution in [3.05, 3.63) is 54.0 Å². The zero-order valence-electron chi connectivity index (χ0n) is 10.6. The summed E-state index contributed by atoms with van der Waals surface area (Å²) in [7, 11) is 1.92. The fourth-order valence-electron chi connectivity index (χ4n) is 2.21. The molecule has 5 heteroatoms. The molecule has 2 aromatic heterocycles. The fraction of sp³-hybridized carbons (Fsp3) is 0.143. The van der Waals surface area contributed by atoms with Gasteiger partial charge in [0.1, 0.15) is 4.99 Å². The predicted molar refractivity (Wildman–Crippen MR) is 80.1 cm³/mol.